The second-order valence-electron chi connectivity index (χ2n) is 8.99. The van der Waals surface area contributed by atoms with Crippen LogP contribution in [-0.4, -0.2) is 35.8 Å². The molecule has 2 N–H and O–H groups in total. The number of benzene rings is 2. The van der Waals surface area contributed by atoms with Crippen molar-refractivity contribution in [1.29, 1.82) is 0 Å². The highest BCUT2D eigenvalue weighted by Crippen LogP contribution is 2.43. The Balaban J connectivity index is 1.08. The maximum Gasteiger partial charge on any atom is 0.256 e. The molecule has 35 heavy (non-hydrogen) atoms. The fraction of sp³-hybridized carbons (Fsp3) is 0.346. The highest BCUT2D eigenvalue weighted by atomic mass is 32.2. The number of fused-ring (bicyclic) bond motifs is 2. The molecule has 0 bridgehead atoms. The molecule has 1 aliphatic carbocycles. The number of anilines is 1. The molecule has 9 heteroatoms. The number of nitrogens with zero attached hydrogens (tertiary/aromatic N) is 1. The number of carbonyl (C=O) groups is 2. The minimum Gasteiger partial charge on any atom is -0.348 e. The van der Waals surface area contributed by atoms with Gasteiger partial charge in [0.15, 0.2) is 5.79 Å². The summed E-state index contributed by atoms with van der Waals surface area (Å²) in [5, 5.41) is 7.05. The van der Waals surface area contributed by atoms with Crippen molar-refractivity contribution in [2.24, 2.45) is 0 Å². The van der Waals surface area contributed by atoms with E-state index in [9.17, 15) is 9.59 Å². The Morgan fingerprint density at radius 3 is 2.74 bits per heavy atom. The van der Waals surface area contributed by atoms with Gasteiger partial charge in [0.1, 0.15) is 0 Å². The Bertz CT molecular complexity index is 1280. The van der Waals surface area contributed by atoms with Crippen LogP contribution in [0.15, 0.2) is 58.5 Å². The molecular formula is C26H25N3O4S2. The van der Waals surface area contributed by atoms with Gasteiger partial charge in [-0.1, -0.05) is 23.9 Å². The Hall–Kier alpha value is -2.72. The summed E-state index contributed by atoms with van der Waals surface area (Å²) in [5.74, 6) is -0.294. The third kappa shape index (κ3) is 4.61. The summed E-state index contributed by atoms with van der Waals surface area (Å²) in [7, 11) is 0. The molecular weight excluding hydrogens is 482 g/mol. The number of thiazole rings is 1. The Morgan fingerprint density at radius 1 is 1.11 bits per heavy atom. The third-order valence-corrected chi connectivity index (χ3v) is 9.06. The Labute approximate surface area is 211 Å². The molecule has 2 aromatic carbocycles. The molecule has 0 radical (unpaired) electrons. The number of hydrogen-bond donors (Lipinski definition) is 2. The second-order valence-corrected chi connectivity index (χ2v) is 11.2. The van der Waals surface area contributed by atoms with Crippen LogP contribution < -0.4 is 10.6 Å². The molecule has 2 fully saturated rings. The van der Waals surface area contributed by atoms with Crippen molar-refractivity contribution in [3.05, 3.63) is 69.7 Å². The van der Waals surface area contributed by atoms with Crippen molar-refractivity contribution in [2.75, 3.05) is 18.5 Å². The van der Waals surface area contributed by atoms with Gasteiger partial charge in [-0.15, -0.1) is 11.3 Å². The third-order valence-electron chi connectivity index (χ3n) is 6.75. The highest BCUT2D eigenvalue weighted by molar-refractivity contribution is 7.99. The molecule has 180 valence electrons. The standard InChI is InChI=1S/C26H25N3O4S2/c30-23(17-5-6-22-20(13-17)29-24(31)19-3-1-2-4-21(19)35-22)27-14-18-15-28-25(34-18)16-7-9-26(10-8-16)32-11-12-33-26/h1-6,13,15-16H,7-12,14H2,(H,27,30)(H,29,31). The summed E-state index contributed by atoms with van der Waals surface area (Å²) in [4.78, 5) is 33.0. The van der Waals surface area contributed by atoms with E-state index in [4.69, 9.17) is 9.47 Å². The van der Waals surface area contributed by atoms with E-state index in [-0.39, 0.29) is 17.6 Å². The fourth-order valence-corrected chi connectivity index (χ4v) is 6.90. The lowest BCUT2D eigenvalue weighted by molar-refractivity contribution is -0.178. The maximum atomic E-state index is 12.9. The number of carbonyl (C=O) groups excluding carboxylic acids is 2. The molecule has 1 saturated heterocycles. The van der Waals surface area contributed by atoms with Crippen molar-refractivity contribution < 1.29 is 19.1 Å². The predicted octanol–water partition coefficient (Wildman–Crippen LogP) is 5.19. The highest BCUT2D eigenvalue weighted by Gasteiger charge is 2.41. The zero-order chi connectivity index (χ0) is 23.8. The summed E-state index contributed by atoms with van der Waals surface area (Å²) in [6.45, 7) is 1.80. The van der Waals surface area contributed by atoms with Crippen molar-refractivity contribution >= 4 is 40.6 Å². The van der Waals surface area contributed by atoms with Crippen LogP contribution in [-0.2, 0) is 16.0 Å². The van der Waals surface area contributed by atoms with Gasteiger partial charge >= 0.3 is 0 Å². The van der Waals surface area contributed by atoms with Gasteiger partial charge in [-0.2, -0.15) is 0 Å². The molecule has 0 unspecified atom stereocenters. The van der Waals surface area contributed by atoms with Crippen LogP contribution in [0.5, 0.6) is 0 Å². The molecule has 3 aliphatic rings. The number of rotatable bonds is 4. The van der Waals surface area contributed by atoms with E-state index < -0.39 is 0 Å². The van der Waals surface area contributed by atoms with E-state index in [2.05, 4.69) is 15.6 Å². The van der Waals surface area contributed by atoms with E-state index in [1.165, 1.54) is 11.8 Å². The van der Waals surface area contributed by atoms with Crippen LogP contribution in [0.3, 0.4) is 0 Å². The first-order valence-electron chi connectivity index (χ1n) is 11.8. The topological polar surface area (TPSA) is 89.6 Å². The lowest BCUT2D eigenvalue weighted by Gasteiger charge is -2.34. The number of ether oxygens (including phenoxy) is 2. The van der Waals surface area contributed by atoms with Crippen LogP contribution in [0.1, 0.15) is 62.2 Å². The summed E-state index contributed by atoms with van der Waals surface area (Å²) < 4.78 is 11.7. The van der Waals surface area contributed by atoms with Gasteiger partial charge in [-0.3, -0.25) is 9.59 Å². The zero-order valence-corrected chi connectivity index (χ0v) is 20.7. The smallest absolute Gasteiger partial charge is 0.256 e. The van der Waals surface area contributed by atoms with Gasteiger partial charge in [0.05, 0.1) is 36.0 Å². The quantitative estimate of drug-likeness (QED) is 0.505. The molecule has 3 heterocycles. The van der Waals surface area contributed by atoms with Crippen LogP contribution in [0.2, 0.25) is 0 Å². The van der Waals surface area contributed by atoms with Gasteiger partial charge in [-0.05, 0) is 43.2 Å². The zero-order valence-electron chi connectivity index (χ0n) is 19.0. The molecule has 6 rings (SSSR count). The summed E-state index contributed by atoms with van der Waals surface area (Å²) in [6.07, 6.45) is 5.67. The molecule has 2 aliphatic heterocycles. The van der Waals surface area contributed by atoms with E-state index in [0.29, 0.717) is 42.5 Å². The molecule has 1 aromatic heterocycles. The number of hydrogen-bond acceptors (Lipinski definition) is 7. The average molecular weight is 508 g/mol. The van der Waals surface area contributed by atoms with Crippen molar-refractivity contribution in [2.45, 2.75) is 53.7 Å². The van der Waals surface area contributed by atoms with Crippen LogP contribution in [0.25, 0.3) is 0 Å². The van der Waals surface area contributed by atoms with Crippen LogP contribution >= 0.6 is 23.1 Å². The lowest BCUT2D eigenvalue weighted by Crippen LogP contribution is -2.34. The van der Waals surface area contributed by atoms with Crippen molar-refractivity contribution in [1.82, 2.24) is 10.3 Å². The van der Waals surface area contributed by atoms with Crippen LogP contribution in [0, 0.1) is 0 Å². The van der Waals surface area contributed by atoms with Gasteiger partial charge in [0.2, 0.25) is 0 Å². The molecule has 1 spiro atoms. The normalized spacial score (nSPS) is 19.0. The van der Waals surface area contributed by atoms with Crippen molar-refractivity contribution in [3.63, 3.8) is 0 Å². The molecule has 7 nitrogen and oxygen atoms in total. The minimum absolute atomic E-state index is 0.165. The molecule has 0 atom stereocenters. The number of amides is 2. The number of aromatic nitrogens is 1. The van der Waals surface area contributed by atoms with Gasteiger partial charge in [-0.25, -0.2) is 4.98 Å². The Morgan fingerprint density at radius 2 is 1.91 bits per heavy atom. The van der Waals surface area contributed by atoms with E-state index >= 15 is 0 Å². The van der Waals surface area contributed by atoms with Gasteiger partial charge in [0.25, 0.3) is 11.8 Å². The summed E-state index contributed by atoms with van der Waals surface area (Å²) >= 11 is 3.18. The van der Waals surface area contributed by atoms with E-state index in [0.717, 1.165) is 45.4 Å². The lowest BCUT2D eigenvalue weighted by atomic mass is 9.85. The largest absolute Gasteiger partial charge is 0.348 e. The predicted molar refractivity (Wildman–Crippen MR) is 134 cm³/mol. The van der Waals surface area contributed by atoms with Crippen LogP contribution in [0.4, 0.5) is 5.69 Å². The molecule has 3 aromatic rings. The fourth-order valence-electron chi connectivity index (χ4n) is 4.86. The SMILES string of the molecule is O=C(NCc1cnc(C2CCC3(CC2)OCCO3)s1)c1ccc2c(c1)NC(=O)c1ccccc1S2. The van der Waals surface area contributed by atoms with E-state index in [1.54, 1.807) is 23.5 Å². The van der Waals surface area contributed by atoms with Gasteiger partial charge in [0, 0.05) is 45.2 Å². The molecule has 2 amide bonds. The molecule has 1 saturated carbocycles. The van der Waals surface area contributed by atoms with Gasteiger partial charge < -0.3 is 20.1 Å². The number of nitrogens with one attached hydrogen (secondary N) is 2. The monoisotopic (exact) mass is 507 g/mol. The summed E-state index contributed by atoms with van der Waals surface area (Å²) in [5.41, 5.74) is 1.79. The van der Waals surface area contributed by atoms with Crippen molar-refractivity contribution in [3.8, 4) is 0 Å². The van der Waals surface area contributed by atoms with E-state index in [1.807, 2.05) is 36.5 Å². The average Bonchev–Trinajstić information content (AvgIpc) is 3.51. The first kappa shape index (κ1) is 22.7. The summed E-state index contributed by atoms with van der Waals surface area (Å²) in [6, 6.07) is 12.9. The maximum absolute atomic E-state index is 12.9. The second kappa shape index (κ2) is 9.39. The first-order chi connectivity index (χ1) is 17.1. The first-order valence-corrected chi connectivity index (χ1v) is 13.4. The minimum atomic E-state index is -0.362. The Kier molecular flexibility index (Phi) is 6.09.